The topological polar surface area (TPSA) is 88.4 Å². The molecule has 2 fully saturated rings. The number of pyridine rings is 1. The van der Waals surface area contributed by atoms with Gasteiger partial charge in [-0.2, -0.15) is 5.10 Å². The van der Waals surface area contributed by atoms with Gasteiger partial charge < -0.3 is 4.90 Å². The van der Waals surface area contributed by atoms with Crippen LogP contribution < -0.4 is 0 Å². The smallest absolute Gasteiger partial charge is 0.244 e. The highest BCUT2D eigenvalue weighted by Gasteiger charge is 2.47. The van der Waals surface area contributed by atoms with Gasteiger partial charge in [0.2, 0.25) is 5.91 Å². The Morgan fingerprint density at radius 2 is 2.00 bits per heavy atom. The molecule has 4 heterocycles. The van der Waals surface area contributed by atoms with Crippen molar-refractivity contribution in [3.63, 3.8) is 0 Å². The van der Waals surface area contributed by atoms with Crippen LogP contribution in [0.3, 0.4) is 0 Å². The number of piperazine rings is 1. The van der Waals surface area contributed by atoms with Gasteiger partial charge in [0, 0.05) is 43.8 Å². The van der Waals surface area contributed by atoms with Crippen molar-refractivity contribution in [2.75, 3.05) is 24.6 Å². The second kappa shape index (κ2) is 7.29. The Balaban J connectivity index is 1.53. The fraction of sp³-hybridized carbons (Fsp3) is 0.526. The molecule has 1 amide bonds. The highest BCUT2D eigenvalue weighted by atomic mass is 32.2. The zero-order chi connectivity index (χ0) is 19.9. The molecule has 2 aromatic heterocycles. The highest BCUT2D eigenvalue weighted by Crippen LogP contribution is 2.28. The van der Waals surface area contributed by atoms with E-state index in [-0.39, 0.29) is 36.0 Å². The van der Waals surface area contributed by atoms with E-state index in [4.69, 9.17) is 0 Å². The zero-order valence-corrected chi connectivity index (χ0v) is 17.0. The van der Waals surface area contributed by atoms with Crippen molar-refractivity contribution in [2.45, 2.75) is 39.0 Å². The van der Waals surface area contributed by atoms with Gasteiger partial charge in [-0.15, -0.1) is 0 Å². The second-order valence-corrected chi connectivity index (χ2v) is 9.87. The van der Waals surface area contributed by atoms with E-state index in [2.05, 4.69) is 15.0 Å². The van der Waals surface area contributed by atoms with E-state index >= 15 is 0 Å². The van der Waals surface area contributed by atoms with Crippen molar-refractivity contribution in [3.8, 4) is 0 Å². The van der Waals surface area contributed by atoms with Gasteiger partial charge in [-0.3, -0.25) is 19.4 Å². The number of hydrogen-bond donors (Lipinski definition) is 0. The predicted octanol–water partition coefficient (Wildman–Crippen LogP) is 0.405. The van der Waals surface area contributed by atoms with Gasteiger partial charge in [-0.1, -0.05) is 6.07 Å². The lowest BCUT2D eigenvalue weighted by Crippen LogP contribution is -2.60. The molecule has 0 saturated carbocycles. The summed E-state index contributed by atoms with van der Waals surface area (Å²) >= 11 is 0. The molecule has 0 radical (unpaired) electrons. The molecule has 0 unspecified atom stereocenters. The molecule has 2 aliphatic rings. The Morgan fingerprint density at radius 1 is 1.21 bits per heavy atom. The molecule has 2 saturated heterocycles. The van der Waals surface area contributed by atoms with Gasteiger partial charge in [0.25, 0.3) is 0 Å². The summed E-state index contributed by atoms with van der Waals surface area (Å²) in [5.41, 5.74) is 2.84. The molecular weight excluding hydrogens is 378 g/mol. The van der Waals surface area contributed by atoms with Crippen LogP contribution in [0, 0.1) is 13.8 Å². The molecule has 0 bridgehead atoms. The number of rotatable bonds is 4. The molecule has 2 aromatic rings. The SMILES string of the molecule is Cc1cc(C)n(CC(=O)N2CCN(Cc3cccnc3)[C@@H]3CS(=O)(=O)C[C@@H]32)n1. The zero-order valence-electron chi connectivity index (χ0n) is 16.2. The first-order valence-corrected chi connectivity index (χ1v) is 11.3. The van der Waals surface area contributed by atoms with Crippen molar-refractivity contribution in [1.82, 2.24) is 24.6 Å². The summed E-state index contributed by atoms with van der Waals surface area (Å²) in [5.74, 6) is 0.0606. The van der Waals surface area contributed by atoms with Gasteiger partial charge in [-0.05, 0) is 31.5 Å². The number of fused-ring (bicyclic) bond motifs is 1. The number of aromatic nitrogens is 3. The van der Waals surface area contributed by atoms with Gasteiger partial charge >= 0.3 is 0 Å². The number of carbonyl (C=O) groups is 1. The molecule has 0 N–H and O–H groups in total. The summed E-state index contributed by atoms with van der Waals surface area (Å²) < 4.78 is 26.5. The summed E-state index contributed by atoms with van der Waals surface area (Å²) in [6.45, 7) is 5.77. The first-order valence-electron chi connectivity index (χ1n) is 9.46. The van der Waals surface area contributed by atoms with Crippen LogP contribution in [0.15, 0.2) is 30.6 Å². The van der Waals surface area contributed by atoms with Crippen LogP contribution in [0.2, 0.25) is 0 Å². The lowest BCUT2D eigenvalue weighted by Gasteiger charge is -2.44. The molecule has 4 rings (SSSR count). The Labute approximate surface area is 165 Å². The van der Waals surface area contributed by atoms with E-state index in [9.17, 15) is 13.2 Å². The van der Waals surface area contributed by atoms with Crippen LogP contribution >= 0.6 is 0 Å². The molecule has 150 valence electrons. The summed E-state index contributed by atoms with van der Waals surface area (Å²) in [6.07, 6.45) is 3.53. The van der Waals surface area contributed by atoms with Crippen LogP contribution in [0.1, 0.15) is 17.0 Å². The highest BCUT2D eigenvalue weighted by molar-refractivity contribution is 7.91. The summed E-state index contributed by atoms with van der Waals surface area (Å²) in [7, 11) is -3.17. The minimum atomic E-state index is -3.17. The number of nitrogens with zero attached hydrogens (tertiary/aromatic N) is 5. The van der Waals surface area contributed by atoms with Crippen molar-refractivity contribution in [2.24, 2.45) is 0 Å². The molecule has 0 spiro atoms. The van der Waals surface area contributed by atoms with E-state index in [0.717, 1.165) is 17.0 Å². The second-order valence-electron chi connectivity index (χ2n) is 7.72. The van der Waals surface area contributed by atoms with E-state index in [0.29, 0.717) is 19.6 Å². The van der Waals surface area contributed by atoms with Crippen LogP contribution in [0.5, 0.6) is 0 Å². The summed E-state index contributed by atoms with van der Waals surface area (Å²) in [4.78, 5) is 21.1. The average Bonchev–Trinajstić information content (AvgIpc) is 3.13. The summed E-state index contributed by atoms with van der Waals surface area (Å²) in [5, 5.41) is 4.36. The first kappa shape index (κ1) is 19.1. The third-order valence-corrected chi connectivity index (χ3v) is 7.31. The number of hydrogen-bond acceptors (Lipinski definition) is 6. The summed E-state index contributed by atoms with van der Waals surface area (Å²) in [6, 6.07) is 5.32. The average molecular weight is 404 g/mol. The molecule has 28 heavy (non-hydrogen) atoms. The Kier molecular flexibility index (Phi) is 4.96. The number of amides is 1. The van der Waals surface area contributed by atoms with Crippen molar-refractivity contribution in [3.05, 3.63) is 47.5 Å². The Hall–Kier alpha value is -2.26. The fourth-order valence-electron chi connectivity index (χ4n) is 4.31. The van der Waals surface area contributed by atoms with Crippen molar-refractivity contribution in [1.29, 1.82) is 0 Å². The third-order valence-electron chi connectivity index (χ3n) is 5.61. The molecule has 8 nitrogen and oxygen atoms in total. The fourth-order valence-corrected chi connectivity index (χ4v) is 6.32. The predicted molar refractivity (Wildman–Crippen MR) is 104 cm³/mol. The van der Waals surface area contributed by atoms with Crippen LogP contribution in [-0.2, 0) is 27.7 Å². The van der Waals surface area contributed by atoms with E-state index in [1.54, 1.807) is 22.0 Å². The monoisotopic (exact) mass is 403 g/mol. The Bertz CT molecular complexity index is 973. The Morgan fingerprint density at radius 3 is 2.68 bits per heavy atom. The molecule has 9 heteroatoms. The van der Waals surface area contributed by atoms with E-state index in [1.165, 1.54) is 0 Å². The molecular formula is C19H25N5O3S. The minimum Gasteiger partial charge on any atom is -0.334 e. The van der Waals surface area contributed by atoms with Crippen molar-refractivity contribution >= 4 is 15.7 Å². The van der Waals surface area contributed by atoms with Crippen LogP contribution in [0.25, 0.3) is 0 Å². The molecule has 2 aliphatic heterocycles. The minimum absolute atomic E-state index is 0.0318. The number of sulfone groups is 1. The largest absolute Gasteiger partial charge is 0.334 e. The number of carbonyl (C=O) groups excluding carboxylic acids is 1. The van der Waals surface area contributed by atoms with Crippen molar-refractivity contribution < 1.29 is 13.2 Å². The molecule has 2 atom stereocenters. The first-order chi connectivity index (χ1) is 13.3. The quantitative estimate of drug-likeness (QED) is 0.735. The lowest BCUT2D eigenvalue weighted by atomic mass is 10.0. The van der Waals surface area contributed by atoms with Gasteiger partial charge in [0.15, 0.2) is 9.84 Å². The van der Waals surface area contributed by atoms with Gasteiger partial charge in [0.1, 0.15) is 6.54 Å². The molecule has 0 aromatic carbocycles. The van der Waals surface area contributed by atoms with E-state index < -0.39 is 9.84 Å². The van der Waals surface area contributed by atoms with Gasteiger partial charge in [0.05, 0.1) is 23.2 Å². The van der Waals surface area contributed by atoms with Gasteiger partial charge in [-0.25, -0.2) is 8.42 Å². The van der Waals surface area contributed by atoms with Crippen LogP contribution in [0.4, 0.5) is 0 Å². The normalized spacial score (nSPS) is 24.3. The third kappa shape index (κ3) is 3.81. The van der Waals surface area contributed by atoms with E-state index in [1.807, 2.05) is 32.0 Å². The maximum absolute atomic E-state index is 13.0. The molecule has 0 aliphatic carbocycles. The van der Waals surface area contributed by atoms with Crippen LogP contribution in [-0.4, -0.2) is 75.6 Å². The lowest BCUT2D eigenvalue weighted by molar-refractivity contribution is -0.138. The maximum atomic E-state index is 13.0. The maximum Gasteiger partial charge on any atom is 0.244 e. The standard InChI is InChI=1S/C19H25N5O3S/c1-14-8-15(2)24(21-14)11-19(25)23-7-6-22(10-16-4-3-5-20-9-16)17-12-28(26,27)13-18(17)23/h3-5,8-9,17-18H,6-7,10-13H2,1-2H3/t17-,18+/m1/s1. The number of aryl methyl sites for hydroxylation is 2.